The molecule has 25 N–H and O–H groups in total. The molecule has 0 saturated carbocycles. The van der Waals surface area contributed by atoms with Gasteiger partial charge in [0.1, 0.15) is 96.9 Å². The van der Waals surface area contributed by atoms with Crippen LogP contribution in [-0.4, -0.2) is 281 Å². The van der Waals surface area contributed by atoms with E-state index in [0.717, 1.165) is 11.8 Å². The highest BCUT2D eigenvalue weighted by molar-refractivity contribution is 6.02. The SMILES string of the molecule is CC[C@H](C)[C@H](NC(=O)[C@@H](NC(=O)[C@@H](N)CC(N)=O)[C@@H](C)CC)C(=O)N[C@@H](Cc1ccccc1)C(=O)N[C@H](C(=O)N[C@@H](CC(N)=O)C(=O)N[C@H](C(=O)N1CCC[C@H]1C(=O)N[C@@H](CCC(=O)O)C(=O)N[C@@H](Cc1cnc[nH]1)C(=O)N[C@H](C(=O)N[C@H](C(=O)N1CCC[C@H]1C(=O)N[C@@H](Cc1ccc(O)cc1)C(=O)NCC(=O)N[C@@H](CC(C)C)C(=O)NCC(=O)O)C(C)C)C(C)C)[C@@H](C)O)C(C)C. The van der Waals surface area contributed by atoms with Crippen LogP contribution in [-0.2, 0) is 115 Å². The normalized spacial score (nSPS) is 17.2. The van der Waals surface area contributed by atoms with Crippen molar-refractivity contribution < 1.29 is 116 Å². The molecule has 0 spiro atoms. The number of phenolic OH excluding ortho intramolecular Hbond substituents is 1. The number of aromatic nitrogens is 2. The number of carboxylic acid groups (broad SMARTS) is 2. The van der Waals surface area contributed by atoms with Crippen LogP contribution in [0.2, 0.25) is 0 Å². The molecule has 734 valence electrons. The molecule has 2 aliphatic rings. The van der Waals surface area contributed by atoms with Crippen LogP contribution in [0.25, 0.3) is 0 Å². The number of H-pyrrole nitrogens is 1. The van der Waals surface area contributed by atoms with Crippen LogP contribution in [0.15, 0.2) is 67.1 Å². The Labute approximate surface area is 770 Å². The second kappa shape index (κ2) is 53.3. The Morgan fingerprint density at radius 1 is 0.444 bits per heavy atom. The first-order valence-corrected chi connectivity index (χ1v) is 44.6. The molecule has 0 unspecified atom stereocenters. The van der Waals surface area contributed by atoms with Gasteiger partial charge in [-0.3, -0.25) is 95.9 Å². The number of nitrogens with two attached hydrogens (primary N) is 3. The molecule has 18 atom stereocenters. The molecule has 133 heavy (non-hydrogen) atoms. The molecular weight excluding hydrogens is 1740 g/mol. The van der Waals surface area contributed by atoms with Crippen LogP contribution in [0.1, 0.15) is 177 Å². The van der Waals surface area contributed by atoms with Crippen molar-refractivity contribution in [2.45, 2.75) is 277 Å². The summed E-state index contributed by atoms with van der Waals surface area (Å²) in [6, 6.07) is -8.50. The Morgan fingerprint density at radius 2 is 0.857 bits per heavy atom. The van der Waals surface area contributed by atoms with Gasteiger partial charge >= 0.3 is 11.9 Å². The number of rotatable bonds is 54. The summed E-state index contributed by atoms with van der Waals surface area (Å²) in [6.07, 6.45) is -1.65. The second-order valence-electron chi connectivity index (χ2n) is 35.1. The van der Waals surface area contributed by atoms with Gasteiger partial charge in [-0.2, -0.15) is 0 Å². The number of imidazole rings is 1. The van der Waals surface area contributed by atoms with E-state index in [1.165, 1.54) is 55.5 Å². The van der Waals surface area contributed by atoms with Crippen molar-refractivity contribution in [3.8, 4) is 5.75 Å². The topological polar surface area (TPSA) is 704 Å². The number of carbonyl (C=O) groups excluding carboxylic acids is 18. The molecule has 1 aromatic heterocycles. The number of aromatic hydroxyl groups is 1. The summed E-state index contributed by atoms with van der Waals surface area (Å²) in [4.78, 5) is 285. The number of aliphatic hydroxyl groups is 1. The molecule has 2 saturated heterocycles. The summed E-state index contributed by atoms with van der Waals surface area (Å²) in [5.74, 6) is -23.4. The van der Waals surface area contributed by atoms with E-state index in [0.29, 0.717) is 24.0 Å². The van der Waals surface area contributed by atoms with Gasteiger partial charge in [0.05, 0.1) is 37.9 Å². The van der Waals surface area contributed by atoms with Crippen molar-refractivity contribution in [3.63, 3.8) is 0 Å². The lowest BCUT2D eigenvalue weighted by atomic mass is 9.94. The van der Waals surface area contributed by atoms with E-state index >= 15 is 0 Å². The predicted octanol–water partition coefficient (Wildman–Crippen LogP) is -4.31. The molecule has 3 aromatic rings. The summed E-state index contributed by atoms with van der Waals surface area (Å²) < 4.78 is 0. The number of phenols is 1. The van der Waals surface area contributed by atoms with Gasteiger partial charge in [0.2, 0.25) is 106 Å². The minimum atomic E-state index is -1.96. The quantitative estimate of drug-likeness (QED) is 0.0254. The van der Waals surface area contributed by atoms with E-state index in [2.05, 4.69) is 84.4 Å². The number of benzene rings is 2. The first-order valence-electron chi connectivity index (χ1n) is 44.6. The Bertz CT molecular complexity index is 4550. The molecule has 3 heterocycles. The lowest BCUT2D eigenvalue weighted by Gasteiger charge is -2.33. The number of amides is 18. The van der Waals surface area contributed by atoms with E-state index < -0.39 is 283 Å². The molecule has 5 rings (SSSR count). The second-order valence-corrected chi connectivity index (χ2v) is 35.1. The van der Waals surface area contributed by atoms with E-state index in [-0.39, 0.29) is 81.8 Å². The molecule has 45 nitrogen and oxygen atoms in total. The molecule has 18 amide bonds. The number of nitrogens with one attached hydrogen (secondary N) is 15. The zero-order chi connectivity index (χ0) is 99.5. The zero-order valence-corrected chi connectivity index (χ0v) is 77.3. The van der Waals surface area contributed by atoms with Crippen molar-refractivity contribution in [1.29, 1.82) is 0 Å². The Balaban J connectivity index is 1.32. The van der Waals surface area contributed by atoms with Crippen LogP contribution in [0.4, 0.5) is 0 Å². The number of hydrogen-bond acceptors (Lipinski definition) is 24. The fourth-order valence-corrected chi connectivity index (χ4v) is 14.9. The summed E-state index contributed by atoms with van der Waals surface area (Å²) >= 11 is 0. The maximum Gasteiger partial charge on any atom is 0.322 e. The van der Waals surface area contributed by atoms with Gasteiger partial charge in [0.15, 0.2) is 0 Å². The van der Waals surface area contributed by atoms with Crippen LogP contribution in [0.5, 0.6) is 5.75 Å². The van der Waals surface area contributed by atoms with Gasteiger partial charge < -0.3 is 127 Å². The third-order valence-corrected chi connectivity index (χ3v) is 22.8. The molecular formula is C88H133N21O24. The molecule has 2 fully saturated rings. The monoisotopic (exact) mass is 1870 g/mol. The van der Waals surface area contributed by atoms with Crippen molar-refractivity contribution in [1.82, 2.24) is 94.2 Å². The van der Waals surface area contributed by atoms with Gasteiger partial charge in [0, 0.05) is 50.7 Å². The zero-order valence-electron chi connectivity index (χ0n) is 77.3. The van der Waals surface area contributed by atoms with Gasteiger partial charge in [-0.15, -0.1) is 0 Å². The number of carboxylic acids is 2. The van der Waals surface area contributed by atoms with E-state index in [9.17, 15) is 111 Å². The van der Waals surface area contributed by atoms with E-state index in [4.69, 9.17) is 22.3 Å². The maximum absolute atomic E-state index is 14.8. The number of primary amides is 2. The van der Waals surface area contributed by atoms with Gasteiger partial charge in [-0.25, -0.2) is 4.98 Å². The van der Waals surface area contributed by atoms with Crippen molar-refractivity contribution in [3.05, 3.63) is 83.9 Å². The number of likely N-dealkylation sites (tertiary alicyclic amines) is 2. The highest BCUT2D eigenvalue weighted by atomic mass is 16.4. The van der Waals surface area contributed by atoms with Crippen LogP contribution >= 0.6 is 0 Å². The highest BCUT2D eigenvalue weighted by Gasteiger charge is 2.46. The average molecular weight is 1870 g/mol. The molecule has 2 aromatic carbocycles. The summed E-state index contributed by atoms with van der Waals surface area (Å²) in [6.45, 7) is 19.2. The molecule has 0 bridgehead atoms. The van der Waals surface area contributed by atoms with Gasteiger partial charge in [0.25, 0.3) is 0 Å². The molecule has 0 radical (unpaired) electrons. The van der Waals surface area contributed by atoms with Crippen LogP contribution < -0.4 is 91.6 Å². The Hall–Kier alpha value is -13.2. The third kappa shape index (κ3) is 35.1. The van der Waals surface area contributed by atoms with Gasteiger partial charge in [-0.1, -0.05) is 138 Å². The average Bonchev–Trinajstić information content (AvgIpc) is 1.72. The molecule has 0 aliphatic carbocycles. The van der Waals surface area contributed by atoms with Crippen LogP contribution in [0, 0.1) is 35.5 Å². The summed E-state index contributed by atoms with van der Waals surface area (Å²) in [5, 5.41) is 75.9. The standard InChI is InChI=1S/C88H133N21O24/c1-14-47(11)71(106-86(131)72(48(12)15-2)105-74(119)54(89)37-63(90)112)85(130)100-58(34-50-21-17-16-18-22-50)78(123)102-68(44(5)6)83(128)101-60(38-64(91)113)80(125)107-73(49(13)110)88(133)109-32-20-23-61(109)81(126)97-55(29-30-66(115)116)77(122)98-59(36-52-39-92-42-95-52)79(124)103-69(45(7)8)84(129)104-70(46(9)10)87(132)108-31-19-24-62(108)82(127)99-57(35-51-25-27-53(111)28-26-51)76(121)93-40-65(114)96-56(33-43(3)4)75(120)94-41-67(117)118/h16-18,21-22,25-28,39,42-49,54-62,68-73,110-111H,14-15,19-20,23-24,29-38,40-41,89H2,1-13H3,(H2,90,112)(H2,91,113)(H,92,95)(H,93,121)(H,94,120)(H,96,114)(H,97,126)(H,98,122)(H,99,127)(H,100,130)(H,101,128)(H,102,123)(H,103,124)(H,104,129)(H,105,119)(H,106,131)(H,107,125)(H,115,116)(H,117,118)/t47-,48-,49+,54-,55-,56-,57-,58-,59-,60-,61-,62-,68-,69-,70-,71-,72-,73-/m0/s1. The number of aromatic amines is 1. The Morgan fingerprint density at radius 3 is 1.34 bits per heavy atom. The fourth-order valence-electron chi connectivity index (χ4n) is 14.9. The van der Waals surface area contributed by atoms with Crippen molar-refractivity contribution in [2.75, 3.05) is 26.2 Å². The third-order valence-electron chi connectivity index (χ3n) is 22.8. The number of hydrogen-bond donors (Lipinski definition) is 22. The van der Waals surface area contributed by atoms with Crippen molar-refractivity contribution in [2.24, 2.45) is 52.7 Å². The largest absolute Gasteiger partial charge is 0.508 e. The summed E-state index contributed by atoms with van der Waals surface area (Å²) in [5.41, 5.74) is 18.0. The fraction of sp³-hybridized carbons (Fsp3) is 0.602. The number of carbonyl (C=O) groups is 20. The molecule has 45 heteroatoms. The number of aliphatic carboxylic acids is 2. The lowest BCUT2D eigenvalue weighted by Crippen LogP contribution is -2.63. The Kier molecular flexibility index (Phi) is 44.2. The highest BCUT2D eigenvalue weighted by Crippen LogP contribution is 2.25. The minimum absolute atomic E-state index is 0.00400. The van der Waals surface area contributed by atoms with E-state index in [1.54, 1.807) is 99.6 Å². The number of nitrogens with zero attached hydrogens (tertiary/aromatic N) is 3. The molecule has 2 aliphatic heterocycles. The van der Waals surface area contributed by atoms with Crippen LogP contribution in [0.3, 0.4) is 0 Å². The number of aliphatic hydroxyl groups excluding tert-OH is 1. The first kappa shape index (κ1) is 110. The minimum Gasteiger partial charge on any atom is -0.508 e. The smallest absolute Gasteiger partial charge is 0.322 e. The van der Waals surface area contributed by atoms with E-state index in [1.807, 2.05) is 0 Å². The lowest BCUT2D eigenvalue weighted by molar-refractivity contribution is -0.145. The van der Waals surface area contributed by atoms with Gasteiger partial charge in [-0.05, 0) is 104 Å². The first-order chi connectivity index (χ1) is 62.5. The predicted molar refractivity (Wildman–Crippen MR) is 478 cm³/mol. The van der Waals surface area contributed by atoms with Crippen molar-refractivity contribution >= 4 is 118 Å². The maximum atomic E-state index is 14.8. The summed E-state index contributed by atoms with van der Waals surface area (Å²) in [7, 11) is 0.